The summed E-state index contributed by atoms with van der Waals surface area (Å²) < 4.78 is 2.15. The van der Waals surface area contributed by atoms with Gasteiger partial charge in [-0.3, -0.25) is 0 Å². The standard InChI is InChI=1S/C15H16N/c1-4-13-7-5-6-8-14(13)15-10-9-12(2)11-16(15)3/h4-11H,1H2,2-3H3/q+1. The van der Waals surface area contributed by atoms with Crippen LogP contribution in [-0.2, 0) is 7.05 Å². The highest BCUT2D eigenvalue weighted by molar-refractivity contribution is 5.70. The molecular formula is C15H16N+. The molecule has 0 saturated heterocycles. The molecule has 0 bridgehead atoms. The van der Waals surface area contributed by atoms with E-state index < -0.39 is 0 Å². The number of pyridine rings is 1. The Bertz CT molecular complexity index is 527. The summed E-state index contributed by atoms with van der Waals surface area (Å²) in [4.78, 5) is 0. The third-order valence-electron chi connectivity index (χ3n) is 2.74. The molecule has 0 aliphatic heterocycles. The van der Waals surface area contributed by atoms with Gasteiger partial charge in [0.05, 0.1) is 5.56 Å². The van der Waals surface area contributed by atoms with Crippen LogP contribution in [0.5, 0.6) is 0 Å². The van der Waals surface area contributed by atoms with Gasteiger partial charge in [-0.1, -0.05) is 30.9 Å². The van der Waals surface area contributed by atoms with Crippen LogP contribution in [0, 0.1) is 6.92 Å². The van der Waals surface area contributed by atoms with Crippen molar-refractivity contribution in [3.05, 3.63) is 60.3 Å². The molecule has 0 aliphatic carbocycles. The monoisotopic (exact) mass is 210 g/mol. The summed E-state index contributed by atoms with van der Waals surface area (Å²) in [5, 5.41) is 0. The van der Waals surface area contributed by atoms with Gasteiger partial charge in [-0.25, -0.2) is 4.57 Å². The fourth-order valence-corrected chi connectivity index (χ4v) is 1.93. The van der Waals surface area contributed by atoms with Crippen LogP contribution in [0.15, 0.2) is 49.2 Å². The maximum absolute atomic E-state index is 3.86. The molecule has 0 fully saturated rings. The van der Waals surface area contributed by atoms with E-state index in [9.17, 15) is 0 Å². The molecule has 1 aromatic carbocycles. The van der Waals surface area contributed by atoms with Gasteiger partial charge in [-0.15, -0.1) is 0 Å². The van der Waals surface area contributed by atoms with Gasteiger partial charge >= 0.3 is 0 Å². The van der Waals surface area contributed by atoms with Gasteiger partial charge in [-0.05, 0) is 24.6 Å². The largest absolute Gasteiger partial charge is 0.212 e. The predicted octanol–water partition coefficient (Wildman–Crippen LogP) is 3.13. The molecule has 2 rings (SSSR count). The van der Waals surface area contributed by atoms with Gasteiger partial charge in [0.1, 0.15) is 7.05 Å². The molecular weight excluding hydrogens is 194 g/mol. The number of aryl methyl sites for hydroxylation is 2. The zero-order valence-corrected chi connectivity index (χ0v) is 9.77. The van der Waals surface area contributed by atoms with Crippen molar-refractivity contribution in [1.82, 2.24) is 0 Å². The number of nitrogens with zero attached hydrogens (tertiary/aromatic N) is 1. The van der Waals surface area contributed by atoms with E-state index in [1.807, 2.05) is 12.1 Å². The molecule has 0 spiro atoms. The van der Waals surface area contributed by atoms with E-state index in [1.54, 1.807) is 0 Å². The van der Waals surface area contributed by atoms with Gasteiger partial charge in [0, 0.05) is 11.6 Å². The zero-order chi connectivity index (χ0) is 11.5. The van der Waals surface area contributed by atoms with Gasteiger partial charge in [0.2, 0.25) is 5.69 Å². The van der Waals surface area contributed by atoms with Crippen LogP contribution >= 0.6 is 0 Å². The van der Waals surface area contributed by atoms with Crippen molar-refractivity contribution in [2.24, 2.45) is 7.05 Å². The molecule has 0 unspecified atom stereocenters. The summed E-state index contributed by atoms with van der Waals surface area (Å²) in [7, 11) is 2.07. The lowest BCUT2D eigenvalue weighted by molar-refractivity contribution is -0.660. The van der Waals surface area contributed by atoms with Gasteiger partial charge in [0.25, 0.3) is 0 Å². The average molecular weight is 210 g/mol. The molecule has 1 aromatic heterocycles. The molecule has 80 valence electrons. The highest BCUT2D eigenvalue weighted by Gasteiger charge is 2.11. The molecule has 0 atom stereocenters. The Morgan fingerprint density at radius 1 is 1.12 bits per heavy atom. The van der Waals surface area contributed by atoms with Crippen molar-refractivity contribution in [3.8, 4) is 11.3 Å². The van der Waals surface area contributed by atoms with Crippen LogP contribution in [0.1, 0.15) is 11.1 Å². The first-order valence-electron chi connectivity index (χ1n) is 5.40. The minimum absolute atomic E-state index is 1.17. The van der Waals surface area contributed by atoms with E-state index in [2.05, 4.69) is 61.6 Å². The quantitative estimate of drug-likeness (QED) is 0.670. The number of hydrogen-bond acceptors (Lipinski definition) is 0. The highest BCUT2D eigenvalue weighted by atomic mass is 14.9. The first kappa shape index (κ1) is 10.6. The normalized spacial score (nSPS) is 10.1. The molecule has 1 heteroatoms. The Morgan fingerprint density at radius 2 is 1.88 bits per heavy atom. The Balaban J connectivity index is 2.62. The van der Waals surface area contributed by atoms with Crippen molar-refractivity contribution in [2.45, 2.75) is 6.92 Å². The molecule has 0 aliphatic rings. The fraction of sp³-hybridized carbons (Fsp3) is 0.133. The summed E-state index contributed by atoms with van der Waals surface area (Å²) in [5.74, 6) is 0. The minimum Gasteiger partial charge on any atom is -0.201 e. The molecule has 0 radical (unpaired) electrons. The van der Waals surface area contributed by atoms with Crippen molar-refractivity contribution >= 4 is 6.08 Å². The van der Waals surface area contributed by atoms with Crippen LogP contribution in [0.4, 0.5) is 0 Å². The van der Waals surface area contributed by atoms with E-state index in [0.29, 0.717) is 0 Å². The van der Waals surface area contributed by atoms with Crippen molar-refractivity contribution in [1.29, 1.82) is 0 Å². The van der Waals surface area contributed by atoms with E-state index in [4.69, 9.17) is 0 Å². The fourth-order valence-electron chi connectivity index (χ4n) is 1.93. The van der Waals surface area contributed by atoms with E-state index >= 15 is 0 Å². The second-order valence-corrected chi connectivity index (χ2v) is 3.99. The first-order valence-corrected chi connectivity index (χ1v) is 5.40. The summed E-state index contributed by atoms with van der Waals surface area (Å²) >= 11 is 0. The molecule has 0 N–H and O–H groups in total. The maximum Gasteiger partial charge on any atom is 0.212 e. The lowest BCUT2D eigenvalue weighted by Crippen LogP contribution is -2.31. The van der Waals surface area contributed by atoms with Crippen LogP contribution in [0.2, 0.25) is 0 Å². The van der Waals surface area contributed by atoms with Crippen LogP contribution < -0.4 is 4.57 Å². The third kappa shape index (κ3) is 1.89. The second kappa shape index (κ2) is 4.31. The summed E-state index contributed by atoms with van der Waals surface area (Å²) in [5.41, 5.74) is 4.87. The number of hydrogen-bond donors (Lipinski definition) is 0. The number of aromatic nitrogens is 1. The SMILES string of the molecule is C=Cc1ccccc1-c1ccc(C)c[n+]1C. The zero-order valence-electron chi connectivity index (χ0n) is 9.77. The summed E-state index contributed by atoms with van der Waals surface area (Å²) in [6.07, 6.45) is 4.03. The van der Waals surface area contributed by atoms with E-state index in [1.165, 1.54) is 22.4 Å². The average Bonchev–Trinajstić information content (AvgIpc) is 2.29. The maximum atomic E-state index is 3.86. The van der Waals surface area contributed by atoms with E-state index in [0.717, 1.165) is 0 Å². The highest BCUT2D eigenvalue weighted by Crippen LogP contribution is 2.21. The Morgan fingerprint density at radius 3 is 2.56 bits per heavy atom. The molecule has 1 nitrogen and oxygen atoms in total. The van der Waals surface area contributed by atoms with Crippen LogP contribution in [0.25, 0.3) is 17.3 Å². The summed E-state index contributed by atoms with van der Waals surface area (Å²) in [6.45, 7) is 5.96. The minimum atomic E-state index is 1.17. The van der Waals surface area contributed by atoms with Gasteiger partial charge in [0.15, 0.2) is 6.20 Å². The molecule has 2 aromatic rings. The van der Waals surface area contributed by atoms with Crippen molar-refractivity contribution in [2.75, 3.05) is 0 Å². The lowest BCUT2D eigenvalue weighted by Gasteiger charge is -2.04. The predicted molar refractivity (Wildman–Crippen MR) is 67.9 cm³/mol. The lowest BCUT2D eigenvalue weighted by atomic mass is 10.0. The molecule has 0 amide bonds. The van der Waals surface area contributed by atoms with Crippen LogP contribution in [-0.4, -0.2) is 0 Å². The van der Waals surface area contributed by atoms with Crippen molar-refractivity contribution in [3.63, 3.8) is 0 Å². The summed E-state index contributed by atoms with van der Waals surface area (Å²) in [6, 6.07) is 12.6. The Labute approximate surface area is 96.7 Å². The van der Waals surface area contributed by atoms with Crippen molar-refractivity contribution < 1.29 is 4.57 Å². The topological polar surface area (TPSA) is 3.88 Å². The number of benzene rings is 1. The smallest absolute Gasteiger partial charge is 0.201 e. The second-order valence-electron chi connectivity index (χ2n) is 3.99. The van der Waals surface area contributed by atoms with Gasteiger partial charge < -0.3 is 0 Å². The Kier molecular flexibility index (Phi) is 2.86. The van der Waals surface area contributed by atoms with Crippen LogP contribution in [0.3, 0.4) is 0 Å². The molecule has 0 saturated carbocycles. The van der Waals surface area contributed by atoms with Gasteiger partial charge in [-0.2, -0.15) is 0 Å². The van der Waals surface area contributed by atoms with E-state index in [-0.39, 0.29) is 0 Å². The Hall–Kier alpha value is -1.89. The third-order valence-corrected chi connectivity index (χ3v) is 2.74. The molecule has 16 heavy (non-hydrogen) atoms. The number of rotatable bonds is 2. The first-order chi connectivity index (χ1) is 7.72. The molecule has 1 heterocycles.